The molecule has 1 heterocycles. The molecular formula is C15H28N2O2S2. The highest BCUT2D eigenvalue weighted by atomic mass is 32.2. The monoisotopic (exact) mass is 332 g/mol. The largest absolute Gasteiger partial charge is 0.310 e. The maximum absolute atomic E-state index is 12.6. The zero-order chi connectivity index (χ0) is 16.0. The minimum atomic E-state index is -3.42. The van der Waals surface area contributed by atoms with E-state index in [-0.39, 0.29) is 0 Å². The van der Waals surface area contributed by atoms with Crippen LogP contribution in [-0.4, -0.2) is 21.0 Å². The second-order valence-corrected chi connectivity index (χ2v) is 8.41. The maximum atomic E-state index is 12.6. The Kier molecular flexibility index (Phi) is 7.33. The lowest BCUT2D eigenvalue weighted by molar-refractivity contribution is 0.478. The standard InChI is InChI=1S/C15H28N2O2S2/c1-6-13(7-2)8-17-21(18,19)15-12(5)10-20-14(15)9-16-11(3)4/h10-11,13,16-17H,6-9H2,1-5H3. The topological polar surface area (TPSA) is 58.2 Å². The van der Waals surface area contributed by atoms with E-state index < -0.39 is 10.0 Å². The summed E-state index contributed by atoms with van der Waals surface area (Å²) in [6.45, 7) is 11.3. The predicted octanol–water partition coefficient (Wildman–Crippen LogP) is 3.27. The summed E-state index contributed by atoms with van der Waals surface area (Å²) >= 11 is 1.51. The summed E-state index contributed by atoms with van der Waals surface area (Å²) in [5.41, 5.74) is 0.831. The molecule has 0 atom stereocenters. The maximum Gasteiger partial charge on any atom is 0.241 e. The third kappa shape index (κ3) is 5.36. The first-order chi connectivity index (χ1) is 9.81. The molecule has 0 saturated carbocycles. The lowest BCUT2D eigenvalue weighted by Gasteiger charge is -2.15. The molecule has 1 aromatic heterocycles. The fourth-order valence-corrected chi connectivity index (χ4v) is 5.02. The fraction of sp³-hybridized carbons (Fsp3) is 0.733. The van der Waals surface area contributed by atoms with Crippen molar-refractivity contribution in [1.29, 1.82) is 0 Å². The van der Waals surface area contributed by atoms with Crippen molar-refractivity contribution in [3.05, 3.63) is 15.8 Å². The number of rotatable bonds is 9. The Morgan fingerprint density at radius 2 is 1.86 bits per heavy atom. The summed E-state index contributed by atoms with van der Waals surface area (Å²) in [6.07, 6.45) is 1.98. The van der Waals surface area contributed by atoms with E-state index in [1.807, 2.05) is 12.3 Å². The zero-order valence-corrected chi connectivity index (χ0v) is 15.3. The third-order valence-electron chi connectivity index (χ3n) is 3.65. The van der Waals surface area contributed by atoms with Crippen LogP contribution < -0.4 is 10.0 Å². The number of hydrogen-bond donors (Lipinski definition) is 2. The van der Waals surface area contributed by atoms with E-state index in [0.29, 0.717) is 29.9 Å². The Balaban J connectivity index is 2.89. The second kappa shape index (κ2) is 8.27. The van der Waals surface area contributed by atoms with Crippen LogP contribution in [0, 0.1) is 12.8 Å². The third-order valence-corrected chi connectivity index (χ3v) is 6.53. The summed E-state index contributed by atoms with van der Waals surface area (Å²) in [5.74, 6) is 0.399. The normalized spacial score (nSPS) is 12.5. The second-order valence-electron chi connectivity index (χ2n) is 5.74. The van der Waals surface area contributed by atoms with E-state index in [2.05, 4.69) is 37.7 Å². The van der Waals surface area contributed by atoms with Gasteiger partial charge in [0.15, 0.2) is 0 Å². The summed E-state index contributed by atoms with van der Waals surface area (Å²) < 4.78 is 28.0. The van der Waals surface area contributed by atoms with Crippen LogP contribution in [0.5, 0.6) is 0 Å². The van der Waals surface area contributed by atoms with E-state index in [4.69, 9.17) is 0 Å². The predicted molar refractivity (Wildman–Crippen MR) is 90.3 cm³/mol. The van der Waals surface area contributed by atoms with Gasteiger partial charge in [0.1, 0.15) is 4.90 Å². The molecular weight excluding hydrogens is 304 g/mol. The molecule has 6 heteroatoms. The van der Waals surface area contributed by atoms with Crippen molar-refractivity contribution in [2.45, 2.75) is 64.9 Å². The van der Waals surface area contributed by atoms with Crippen LogP contribution >= 0.6 is 11.3 Å². The van der Waals surface area contributed by atoms with Gasteiger partial charge in [-0.15, -0.1) is 11.3 Å². The van der Waals surface area contributed by atoms with Crippen LogP contribution in [0.25, 0.3) is 0 Å². The number of nitrogens with one attached hydrogen (secondary N) is 2. The van der Waals surface area contributed by atoms with Gasteiger partial charge < -0.3 is 5.32 Å². The molecule has 0 saturated heterocycles. The first-order valence-corrected chi connectivity index (χ1v) is 9.98. The molecule has 2 N–H and O–H groups in total. The van der Waals surface area contributed by atoms with Crippen LogP contribution in [-0.2, 0) is 16.6 Å². The van der Waals surface area contributed by atoms with Gasteiger partial charge in [-0.2, -0.15) is 0 Å². The van der Waals surface area contributed by atoms with E-state index in [9.17, 15) is 8.42 Å². The minimum Gasteiger partial charge on any atom is -0.310 e. The van der Waals surface area contributed by atoms with Crippen molar-refractivity contribution in [1.82, 2.24) is 10.0 Å². The van der Waals surface area contributed by atoms with Crippen molar-refractivity contribution in [2.75, 3.05) is 6.54 Å². The van der Waals surface area contributed by atoms with Gasteiger partial charge in [-0.3, -0.25) is 0 Å². The molecule has 0 bridgehead atoms. The number of hydrogen-bond acceptors (Lipinski definition) is 4. The van der Waals surface area contributed by atoms with Gasteiger partial charge >= 0.3 is 0 Å². The molecule has 0 aliphatic rings. The first kappa shape index (κ1) is 18.6. The molecule has 122 valence electrons. The summed E-state index contributed by atoms with van der Waals surface area (Å²) in [5, 5.41) is 5.21. The lowest BCUT2D eigenvalue weighted by atomic mass is 10.0. The van der Waals surface area contributed by atoms with Gasteiger partial charge in [0.2, 0.25) is 10.0 Å². The molecule has 1 aromatic rings. The van der Waals surface area contributed by atoms with E-state index in [1.165, 1.54) is 11.3 Å². The van der Waals surface area contributed by atoms with Crippen LogP contribution in [0.3, 0.4) is 0 Å². The van der Waals surface area contributed by atoms with Gasteiger partial charge in [-0.1, -0.05) is 40.5 Å². The molecule has 1 rings (SSSR count). The highest BCUT2D eigenvalue weighted by Gasteiger charge is 2.23. The van der Waals surface area contributed by atoms with Gasteiger partial charge in [-0.25, -0.2) is 13.1 Å². The van der Waals surface area contributed by atoms with Crippen molar-refractivity contribution in [3.8, 4) is 0 Å². The van der Waals surface area contributed by atoms with E-state index in [1.54, 1.807) is 0 Å². The Hall–Kier alpha value is -0.430. The van der Waals surface area contributed by atoms with E-state index in [0.717, 1.165) is 23.3 Å². The zero-order valence-electron chi connectivity index (χ0n) is 13.7. The molecule has 0 unspecified atom stereocenters. The molecule has 0 radical (unpaired) electrons. The molecule has 0 amide bonds. The van der Waals surface area contributed by atoms with Gasteiger partial charge in [-0.05, 0) is 23.8 Å². The SMILES string of the molecule is CCC(CC)CNS(=O)(=O)c1c(C)csc1CNC(C)C. The van der Waals surface area contributed by atoms with Gasteiger partial charge in [0.05, 0.1) is 0 Å². The molecule has 0 aliphatic carbocycles. The molecule has 0 spiro atoms. The quantitative estimate of drug-likeness (QED) is 0.730. The average molecular weight is 333 g/mol. The van der Waals surface area contributed by atoms with Crippen molar-refractivity contribution in [3.63, 3.8) is 0 Å². The van der Waals surface area contributed by atoms with Crippen LogP contribution in [0.2, 0.25) is 0 Å². The average Bonchev–Trinajstić information content (AvgIpc) is 2.79. The van der Waals surface area contributed by atoms with Crippen LogP contribution in [0.1, 0.15) is 51.0 Å². The smallest absolute Gasteiger partial charge is 0.241 e. The molecule has 0 aromatic carbocycles. The van der Waals surface area contributed by atoms with Crippen molar-refractivity contribution < 1.29 is 8.42 Å². The molecule has 21 heavy (non-hydrogen) atoms. The highest BCUT2D eigenvalue weighted by molar-refractivity contribution is 7.89. The fourth-order valence-electron chi connectivity index (χ4n) is 2.14. The van der Waals surface area contributed by atoms with Crippen molar-refractivity contribution >= 4 is 21.4 Å². The molecule has 4 nitrogen and oxygen atoms in total. The molecule has 0 aliphatic heterocycles. The summed E-state index contributed by atoms with van der Waals surface area (Å²) in [4.78, 5) is 1.35. The first-order valence-electron chi connectivity index (χ1n) is 7.61. The van der Waals surface area contributed by atoms with Gasteiger partial charge in [0.25, 0.3) is 0 Å². The highest BCUT2D eigenvalue weighted by Crippen LogP contribution is 2.27. The van der Waals surface area contributed by atoms with Crippen LogP contribution in [0.15, 0.2) is 10.3 Å². The summed E-state index contributed by atoms with van der Waals surface area (Å²) in [6, 6.07) is 0.334. The van der Waals surface area contributed by atoms with Gasteiger partial charge in [0, 0.05) is 24.0 Å². The number of thiophene rings is 1. The lowest BCUT2D eigenvalue weighted by Crippen LogP contribution is -2.30. The molecule has 0 fully saturated rings. The Morgan fingerprint density at radius 3 is 2.38 bits per heavy atom. The number of aryl methyl sites for hydroxylation is 1. The number of sulfonamides is 1. The minimum absolute atomic E-state index is 0.334. The van der Waals surface area contributed by atoms with Crippen molar-refractivity contribution in [2.24, 2.45) is 5.92 Å². The van der Waals surface area contributed by atoms with Crippen LogP contribution in [0.4, 0.5) is 0 Å². The summed E-state index contributed by atoms with van der Waals surface area (Å²) in [7, 11) is -3.42. The Morgan fingerprint density at radius 1 is 1.24 bits per heavy atom. The Bertz CT molecular complexity index is 532. The van der Waals surface area contributed by atoms with E-state index >= 15 is 0 Å². The Labute approximate surface area is 133 Å².